The molecule has 0 saturated heterocycles. The lowest BCUT2D eigenvalue weighted by Crippen LogP contribution is -2.48. The number of hydrogen-bond donors (Lipinski definition) is 1. The van der Waals surface area contributed by atoms with Crippen LogP contribution in [0.3, 0.4) is 0 Å². The van der Waals surface area contributed by atoms with Gasteiger partial charge in [-0.05, 0) is 61.4 Å². The number of esters is 1. The van der Waals surface area contributed by atoms with Crippen LogP contribution in [-0.4, -0.2) is 35.6 Å². The monoisotopic (exact) mass is 439 g/mol. The number of hydrogen-bond acceptors (Lipinski definition) is 6. The molecule has 2 aromatic rings. The van der Waals surface area contributed by atoms with Crippen LogP contribution in [0, 0.1) is 0 Å². The highest BCUT2D eigenvalue weighted by Gasteiger charge is 2.30. The average molecular weight is 440 g/mol. The fraction of sp³-hybridized carbons (Fsp3) is 0.360. The van der Waals surface area contributed by atoms with Crippen molar-refractivity contribution in [3.05, 3.63) is 59.7 Å². The van der Waals surface area contributed by atoms with Crippen LogP contribution < -0.4 is 10.1 Å². The van der Waals surface area contributed by atoms with E-state index in [1.54, 1.807) is 48.5 Å². The molecule has 1 amide bonds. The first-order valence-electron chi connectivity index (χ1n) is 10.5. The summed E-state index contributed by atoms with van der Waals surface area (Å²) >= 11 is 0. The molecule has 2 aromatic carbocycles. The fourth-order valence-electron chi connectivity index (χ4n) is 3.31. The molecule has 2 rings (SSSR count). The quantitative estimate of drug-likeness (QED) is 0.409. The van der Waals surface area contributed by atoms with E-state index in [4.69, 9.17) is 9.47 Å². The van der Waals surface area contributed by atoms with Gasteiger partial charge >= 0.3 is 5.97 Å². The summed E-state index contributed by atoms with van der Waals surface area (Å²) in [6.07, 6.45) is 1.55. The van der Waals surface area contributed by atoms with Gasteiger partial charge in [-0.3, -0.25) is 19.2 Å². The predicted octanol–water partition coefficient (Wildman–Crippen LogP) is 4.49. The Labute approximate surface area is 188 Å². The van der Waals surface area contributed by atoms with E-state index in [1.807, 2.05) is 13.8 Å². The summed E-state index contributed by atoms with van der Waals surface area (Å²) in [4.78, 5) is 47.1. The molecule has 0 aliphatic rings. The minimum Gasteiger partial charge on any atom is -0.457 e. The van der Waals surface area contributed by atoms with Crippen molar-refractivity contribution in [1.82, 2.24) is 5.32 Å². The molecule has 0 aliphatic carbocycles. The third-order valence-corrected chi connectivity index (χ3v) is 5.29. The molecule has 0 atom stereocenters. The molecule has 32 heavy (non-hydrogen) atoms. The highest BCUT2D eigenvalue weighted by atomic mass is 16.5. The summed E-state index contributed by atoms with van der Waals surface area (Å²) in [5.41, 5.74) is 0.404. The van der Waals surface area contributed by atoms with Crippen LogP contribution in [0.5, 0.6) is 11.5 Å². The summed E-state index contributed by atoms with van der Waals surface area (Å²) < 4.78 is 10.5. The van der Waals surface area contributed by atoms with Gasteiger partial charge in [-0.1, -0.05) is 13.8 Å². The summed E-state index contributed by atoms with van der Waals surface area (Å²) in [6.45, 7) is 6.32. The first kappa shape index (κ1) is 24.8. The van der Waals surface area contributed by atoms with Crippen molar-refractivity contribution >= 4 is 23.4 Å². The van der Waals surface area contributed by atoms with Crippen LogP contribution in [0.2, 0.25) is 0 Å². The molecule has 0 aromatic heterocycles. The SMILES string of the molecule is CCC(CC)(CC(=O)c1ccc(Oc2ccc(C(=O)COC(C)=O)cc2)cc1)NC(C)=O. The zero-order valence-electron chi connectivity index (χ0n) is 18.9. The largest absolute Gasteiger partial charge is 0.457 e. The molecule has 0 radical (unpaired) electrons. The second-order valence-corrected chi connectivity index (χ2v) is 7.62. The molecule has 0 fully saturated rings. The van der Waals surface area contributed by atoms with Crippen molar-refractivity contribution in [2.45, 2.75) is 52.5 Å². The average Bonchev–Trinajstić information content (AvgIpc) is 2.77. The smallest absolute Gasteiger partial charge is 0.303 e. The van der Waals surface area contributed by atoms with E-state index in [0.717, 1.165) is 0 Å². The maximum atomic E-state index is 12.8. The van der Waals surface area contributed by atoms with Crippen LogP contribution in [0.25, 0.3) is 0 Å². The third kappa shape index (κ3) is 7.04. The second kappa shape index (κ2) is 11.2. The number of rotatable bonds is 11. The summed E-state index contributed by atoms with van der Waals surface area (Å²) in [5.74, 6) is 0.0536. The summed E-state index contributed by atoms with van der Waals surface area (Å²) in [6, 6.07) is 13.3. The van der Waals surface area contributed by atoms with E-state index in [1.165, 1.54) is 13.8 Å². The van der Waals surface area contributed by atoms with Gasteiger partial charge in [-0.25, -0.2) is 0 Å². The maximum absolute atomic E-state index is 12.8. The van der Waals surface area contributed by atoms with Crippen LogP contribution >= 0.6 is 0 Å². The number of nitrogens with one attached hydrogen (secondary N) is 1. The lowest BCUT2D eigenvalue weighted by atomic mass is 9.85. The lowest BCUT2D eigenvalue weighted by Gasteiger charge is -2.32. The Morgan fingerprint density at radius 3 is 1.66 bits per heavy atom. The zero-order valence-corrected chi connectivity index (χ0v) is 18.9. The highest BCUT2D eigenvalue weighted by molar-refractivity contribution is 5.98. The lowest BCUT2D eigenvalue weighted by molar-refractivity contribution is -0.139. The molecule has 0 spiro atoms. The number of benzene rings is 2. The Hall–Kier alpha value is -3.48. The van der Waals surface area contributed by atoms with Gasteiger partial charge in [0.05, 0.1) is 0 Å². The first-order chi connectivity index (χ1) is 15.2. The Kier molecular flexibility index (Phi) is 8.70. The van der Waals surface area contributed by atoms with Crippen molar-refractivity contribution in [3.8, 4) is 11.5 Å². The normalized spacial score (nSPS) is 10.9. The van der Waals surface area contributed by atoms with Gasteiger partial charge in [0.1, 0.15) is 11.5 Å². The maximum Gasteiger partial charge on any atom is 0.303 e. The molecule has 0 bridgehead atoms. The Morgan fingerprint density at radius 1 is 0.781 bits per heavy atom. The van der Waals surface area contributed by atoms with E-state index in [2.05, 4.69) is 5.32 Å². The molecule has 0 heterocycles. The third-order valence-electron chi connectivity index (χ3n) is 5.29. The van der Waals surface area contributed by atoms with E-state index in [-0.39, 0.29) is 30.5 Å². The summed E-state index contributed by atoms with van der Waals surface area (Å²) in [5, 5.41) is 2.93. The molecular weight excluding hydrogens is 410 g/mol. The van der Waals surface area contributed by atoms with Crippen molar-refractivity contribution in [1.29, 1.82) is 0 Å². The molecule has 0 saturated carbocycles. The summed E-state index contributed by atoms with van der Waals surface area (Å²) in [7, 11) is 0. The highest BCUT2D eigenvalue weighted by Crippen LogP contribution is 2.25. The number of amides is 1. The van der Waals surface area contributed by atoms with Gasteiger partial charge in [0, 0.05) is 36.9 Å². The van der Waals surface area contributed by atoms with E-state index >= 15 is 0 Å². The number of ether oxygens (including phenoxy) is 2. The van der Waals surface area contributed by atoms with Crippen LogP contribution in [0.15, 0.2) is 48.5 Å². The Balaban J connectivity index is 2.01. The Morgan fingerprint density at radius 2 is 1.25 bits per heavy atom. The minimum absolute atomic E-state index is 0.0513. The minimum atomic E-state index is -0.549. The van der Waals surface area contributed by atoms with Crippen molar-refractivity contribution in [2.75, 3.05) is 6.61 Å². The van der Waals surface area contributed by atoms with Gasteiger partial charge in [0.2, 0.25) is 5.91 Å². The molecule has 170 valence electrons. The van der Waals surface area contributed by atoms with Crippen molar-refractivity contribution in [2.24, 2.45) is 0 Å². The molecular formula is C25H29NO6. The van der Waals surface area contributed by atoms with Gasteiger partial charge in [-0.15, -0.1) is 0 Å². The molecule has 7 heteroatoms. The van der Waals surface area contributed by atoms with Gasteiger partial charge in [-0.2, -0.15) is 0 Å². The van der Waals surface area contributed by atoms with E-state index in [9.17, 15) is 19.2 Å². The van der Waals surface area contributed by atoms with Gasteiger partial charge < -0.3 is 14.8 Å². The number of Topliss-reactive ketones (excluding diaryl/α,β-unsaturated/α-hetero) is 2. The molecule has 0 unspecified atom stereocenters. The van der Waals surface area contributed by atoms with Gasteiger partial charge in [0.15, 0.2) is 18.2 Å². The van der Waals surface area contributed by atoms with E-state index < -0.39 is 11.5 Å². The van der Waals surface area contributed by atoms with Crippen molar-refractivity contribution < 1.29 is 28.7 Å². The van der Waals surface area contributed by atoms with Crippen LogP contribution in [0.1, 0.15) is 67.7 Å². The number of ketones is 2. The number of carbonyl (C=O) groups is 4. The van der Waals surface area contributed by atoms with Crippen LogP contribution in [0.4, 0.5) is 0 Å². The molecule has 1 N–H and O–H groups in total. The van der Waals surface area contributed by atoms with Gasteiger partial charge in [0.25, 0.3) is 0 Å². The van der Waals surface area contributed by atoms with E-state index in [0.29, 0.717) is 35.5 Å². The standard InChI is InChI=1S/C25H29NO6/c1-5-25(6-2,26-17(3)27)15-23(29)19-7-11-21(12-8-19)32-22-13-9-20(10-14-22)24(30)16-31-18(4)28/h7-14H,5-6,15-16H2,1-4H3,(H,26,27). The topological polar surface area (TPSA) is 98.8 Å². The zero-order chi connectivity index (χ0) is 23.7. The Bertz CT molecular complexity index is 959. The molecule has 7 nitrogen and oxygen atoms in total. The number of carbonyl (C=O) groups excluding carboxylic acids is 4. The first-order valence-corrected chi connectivity index (χ1v) is 10.5. The predicted molar refractivity (Wildman–Crippen MR) is 120 cm³/mol. The fourth-order valence-corrected chi connectivity index (χ4v) is 3.31. The van der Waals surface area contributed by atoms with Crippen molar-refractivity contribution in [3.63, 3.8) is 0 Å². The molecule has 0 aliphatic heterocycles. The second-order valence-electron chi connectivity index (χ2n) is 7.62. The van der Waals surface area contributed by atoms with Crippen LogP contribution in [-0.2, 0) is 14.3 Å².